The first-order valence-electron chi connectivity index (χ1n) is 6.36. The minimum absolute atomic E-state index is 0.113. The number of carbonyl (C=O) groups excluding carboxylic acids is 1. The molecule has 110 valence electrons. The Kier molecular flexibility index (Phi) is 5.56. The molecule has 2 aromatic rings. The van der Waals surface area contributed by atoms with E-state index in [1.165, 1.54) is 0 Å². The van der Waals surface area contributed by atoms with E-state index in [1.807, 2.05) is 0 Å². The Morgan fingerprint density at radius 3 is 2.48 bits per heavy atom. The van der Waals surface area contributed by atoms with Gasteiger partial charge in [0.05, 0.1) is 16.7 Å². The maximum atomic E-state index is 12.4. The summed E-state index contributed by atoms with van der Waals surface area (Å²) in [6, 6.07) is 8.49. The molecule has 1 amide bonds. The Morgan fingerprint density at radius 2 is 1.86 bits per heavy atom. The first-order chi connectivity index (χ1) is 10.1. The number of amides is 1. The second kappa shape index (κ2) is 7.41. The second-order valence-corrected chi connectivity index (χ2v) is 5.25. The number of carbonyl (C=O) groups is 1. The summed E-state index contributed by atoms with van der Waals surface area (Å²) < 4.78 is 0. The van der Waals surface area contributed by atoms with Gasteiger partial charge >= 0.3 is 0 Å². The number of halogens is 2. The maximum absolute atomic E-state index is 12.4. The number of aromatic nitrogens is 1. The highest BCUT2D eigenvalue weighted by Gasteiger charge is 2.16. The van der Waals surface area contributed by atoms with Gasteiger partial charge in [-0.25, -0.2) is 0 Å². The van der Waals surface area contributed by atoms with Crippen LogP contribution in [0.2, 0.25) is 10.0 Å². The monoisotopic (exact) mass is 324 g/mol. The van der Waals surface area contributed by atoms with Crippen molar-refractivity contribution >= 4 is 29.1 Å². The molecular weight excluding hydrogens is 311 g/mol. The number of hydrogen-bond acceptors (Lipinski definition) is 3. The standard InChI is InChI=1S/C15H14Cl2N2O2/c16-13-2-1-11(9-14(13)17)10-19(7-8-20)15(21)12-3-5-18-6-4-12/h1-6,9,20H,7-8,10H2. The molecule has 0 aliphatic carbocycles. The van der Waals surface area contributed by atoms with Gasteiger partial charge in [0.25, 0.3) is 5.91 Å². The van der Waals surface area contributed by atoms with E-state index in [2.05, 4.69) is 4.98 Å². The summed E-state index contributed by atoms with van der Waals surface area (Å²) in [5, 5.41) is 10.1. The highest BCUT2D eigenvalue weighted by atomic mass is 35.5. The van der Waals surface area contributed by atoms with Crippen molar-refractivity contribution in [2.75, 3.05) is 13.2 Å². The van der Waals surface area contributed by atoms with Gasteiger partial charge in [-0.1, -0.05) is 29.3 Å². The minimum Gasteiger partial charge on any atom is -0.395 e. The molecular formula is C15H14Cl2N2O2. The Morgan fingerprint density at radius 1 is 1.14 bits per heavy atom. The van der Waals surface area contributed by atoms with E-state index < -0.39 is 0 Å². The predicted molar refractivity (Wildman–Crippen MR) is 82.5 cm³/mol. The number of nitrogens with zero attached hydrogens (tertiary/aromatic N) is 2. The minimum atomic E-state index is -0.169. The highest BCUT2D eigenvalue weighted by molar-refractivity contribution is 6.42. The van der Waals surface area contributed by atoms with Gasteiger partial charge in [-0.3, -0.25) is 9.78 Å². The molecule has 0 saturated heterocycles. The van der Waals surface area contributed by atoms with Crippen molar-refractivity contribution in [2.24, 2.45) is 0 Å². The first kappa shape index (κ1) is 15.8. The van der Waals surface area contributed by atoms with E-state index in [4.69, 9.17) is 28.3 Å². The van der Waals surface area contributed by atoms with Crippen molar-refractivity contribution in [3.63, 3.8) is 0 Å². The summed E-state index contributed by atoms with van der Waals surface area (Å²) >= 11 is 11.9. The molecule has 6 heteroatoms. The zero-order valence-electron chi connectivity index (χ0n) is 11.2. The molecule has 1 aromatic carbocycles. The van der Waals surface area contributed by atoms with Gasteiger partial charge in [0.1, 0.15) is 0 Å². The molecule has 4 nitrogen and oxygen atoms in total. The Bertz CT molecular complexity index is 620. The van der Waals surface area contributed by atoms with Crippen LogP contribution in [-0.2, 0) is 6.54 Å². The lowest BCUT2D eigenvalue weighted by Gasteiger charge is -2.22. The quantitative estimate of drug-likeness (QED) is 0.919. The topological polar surface area (TPSA) is 53.4 Å². The van der Waals surface area contributed by atoms with Gasteiger partial charge in [-0.2, -0.15) is 0 Å². The van der Waals surface area contributed by atoms with Crippen LogP contribution < -0.4 is 0 Å². The van der Waals surface area contributed by atoms with Crippen LogP contribution in [-0.4, -0.2) is 34.0 Å². The molecule has 0 fully saturated rings. The summed E-state index contributed by atoms with van der Waals surface area (Å²) in [5.41, 5.74) is 1.37. The molecule has 0 aliphatic rings. The molecule has 1 aromatic heterocycles. The number of benzene rings is 1. The fourth-order valence-corrected chi connectivity index (χ4v) is 2.23. The van der Waals surface area contributed by atoms with Crippen LogP contribution in [0.5, 0.6) is 0 Å². The van der Waals surface area contributed by atoms with E-state index in [-0.39, 0.29) is 19.1 Å². The molecule has 0 aliphatic heterocycles. The highest BCUT2D eigenvalue weighted by Crippen LogP contribution is 2.23. The lowest BCUT2D eigenvalue weighted by Crippen LogP contribution is -2.33. The average Bonchev–Trinajstić information content (AvgIpc) is 2.50. The van der Waals surface area contributed by atoms with Crippen LogP contribution in [0, 0.1) is 0 Å². The Labute approximate surface area is 132 Å². The number of pyridine rings is 1. The third-order valence-electron chi connectivity index (χ3n) is 2.94. The molecule has 21 heavy (non-hydrogen) atoms. The number of aliphatic hydroxyl groups excluding tert-OH is 1. The van der Waals surface area contributed by atoms with E-state index in [0.717, 1.165) is 5.56 Å². The number of aliphatic hydroxyl groups is 1. The van der Waals surface area contributed by atoms with Crippen molar-refractivity contribution in [1.82, 2.24) is 9.88 Å². The summed E-state index contributed by atoms with van der Waals surface area (Å²) in [5.74, 6) is -0.169. The number of rotatable bonds is 5. The van der Waals surface area contributed by atoms with Gasteiger partial charge in [0, 0.05) is 31.0 Å². The molecule has 0 unspecified atom stereocenters. The first-order valence-corrected chi connectivity index (χ1v) is 7.11. The van der Waals surface area contributed by atoms with Crippen LogP contribution >= 0.6 is 23.2 Å². The lowest BCUT2D eigenvalue weighted by molar-refractivity contribution is 0.0707. The molecule has 0 radical (unpaired) electrons. The van der Waals surface area contributed by atoms with E-state index >= 15 is 0 Å². The van der Waals surface area contributed by atoms with Crippen molar-refractivity contribution in [2.45, 2.75) is 6.54 Å². The summed E-state index contributed by atoms with van der Waals surface area (Å²) in [6.45, 7) is 0.470. The van der Waals surface area contributed by atoms with Crippen LogP contribution in [0.1, 0.15) is 15.9 Å². The molecule has 0 bridgehead atoms. The van der Waals surface area contributed by atoms with Gasteiger partial charge in [0.2, 0.25) is 0 Å². The van der Waals surface area contributed by atoms with Gasteiger partial charge in [-0.05, 0) is 29.8 Å². The normalized spacial score (nSPS) is 10.4. The van der Waals surface area contributed by atoms with Crippen molar-refractivity contribution in [1.29, 1.82) is 0 Å². The summed E-state index contributed by atoms with van der Waals surface area (Å²) in [6.07, 6.45) is 3.12. The zero-order valence-corrected chi connectivity index (χ0v) is 12.7. The molecule has 1 N–H and O–H groups in total. The van der Waals surface area contributed by atoms with Crippen LogP contribution in [0.3, 0.4) is 0 Å². The fourth-order valence-electron chi connectivity index (χ4n) is 1.91. The Balaban J connectivity index is 2.19. The molecule has 0 atom stereocenters. The van der Waals surface area contributed by atoms with Crippen molar-refractivity contribution in [3.8, 4) is 0 Å². The number of hydrogen-bond donors (Lipinski definition) is 1. The van der Waals surface area contributed by atoms with Crippen molar-refractivity contribution in [3.05, 3.63) is 63.9 Å². The van der Waals surface area contributed by atoms with Crippen LogP contribution in [0.4, 0.5) is 0 Å². The predicted octanol–water partition coefficient (Wildman–Crippen LogP) is 3.02. The van der Waals surface area contributed by atoms with Gasteiger partial charge < -0.3 is 10.0 Å². The average molecular weight is 325 g/mol. The molecule has 0 spiro atoms. The van der Waals surface area contributed by atoms with E-state index in [1.54, 1.807) is 47.6 Å². The van der Waals surface area contributed by atoms with Gasteiger partial charge in [-0.15, -0.1) is 0 Å². The maximum Gasteiger partial charge on any atom is 0.254 e. The van der Waals surface area contributed by atoms with E-state index in [0.29, 0.717) is 22.2 Å². The molecule has 1 heterocycles. The molecule has 0 saturated carbocycles. The third-order valence-corrected chi connectivity index (χ3v) is 3.68. The van der Waals surface area contributed by atoms with E-state index in [9.17, 15) is 4.79 Å². The van der Waals surface area contributed by atoms with Gasteiger partial charge in [0.15, 0.2) is 0 Å². The fraction of sp³-hybridized carbons (Fsp3) is 0.200. The SMILES string of the molecule is O=C(c1ccncc1)N(CCO)Cc1ccc(Cl)c(Cl)c1. The smallest absolute Gasteiger partial charge is 0.254 e. The molecule has 2 rings (SSSR count). The van der Waals surface area contributed by atoms with Crippen LogP contribution in [0.15, 0.2) is 42.7 Å². The second-order valence-electron chi connectivity index (χ2n) is 4.43. The zero-order chi connectivity index (χ0) is 15.2. The Hall–Kier alpha value is -1.62. The van der Waals surface area contributed by atoms with Crippen molar-refractivity contribution < 1.29 is 9.90 Å². The largest absolute Gasteiger partial charge is 0.395 e. The summed E-state index contributed by atoms with van der Waals surface area (Å²) in [7, 11) is 0. The van der Waals surface area contributed by atoms with Crippen LogP contribution in [0.25, 0.3) is 0 Å². The summed E-state index contributed by atoms with van der Waals surface area (Å²) in [4.78, 5) is 17.9. The third kappa shape index (κ3) is 4.17. The lowest BCUT2D eigenvalue weighted by atomic mass is 10.2.